The van der Waals surface area contributed by atoms with Gasteiger partial charge in [-0.25, -0.2) is 4.98 Å². The number of aromatic nitrogens is 4. The summed E-state index contributed by atoms with van der Waals surface area (Å²) in [4.78, 5) is 29.6. The highest BCUT2D eigenvalue weighted by Gasteiger charge is 2.18. The lowest BCUT2D eigenvalue weighted by Gasteiger charge is -2.17. The monoisotopic (exact) mass is 660 g/mol. The number of nitro groups is 1. The van der Waals surface area contributed by atoms with Crippen molar-refractivity contribution >= 4 is 51.2 Å². The van der Waals surface area contributed by atoms with Crippen molar-refractivity contribution in [3.63, 3.8) is 0 Å². The van der Waals surface area contributed by atoms with E-state index in [2.05, 4.69) is 15.5 Å². The van der Waals surface area contributed by atoms with Gasteiger partial charge < -0.3 is 9.73 Å². The zero-order valence-electron chi connectivity index (χ0n) is 24.3. The minimum atomic E-state index is -0.485. The topological polar surface area (TPSA) is 129 Å². The fourth-order valence-corrected chi connectivity index (χ4v) is 5.74. The lowest BCUT2D eigenvalue weighted by molar-refractivity contribution is -0.384. The van der Waals surface area contributed by atoms with Crippen molar-refractivity contribution in [2.45, 2.75) is 6.42 Å². The van der Waals surface area contributed by atoms with Crippen molar-refractivity contribution in [1.82, 2.24) is 19.7 Å². The van der Waals surface area contributed by atoms with E-state index < -0.39 is 4.92 Å². The molecule has 0 spiro atoms. The molecule has 7 aromatic rings. The fraction of sp³-hybridized carbons (Fsp3) is 0.0286. The van der Waals surface area contributed by atoms with Gasteiger partial charge in [-0.1, -0.05) is 65.7 Å². The lowest BCUT2D eigenvalue weighted by atomic mass is 10.1. The number of para-hydroxylation sites is 3. The maximum Gasteiger partial charge on any atom is 0.270 e. The van der Waals surface area contributed by atoms with Crippen LogP contribution in [0.2, 0.25) is 10.0 Å². The molecule has 0 radical (unpaired) electrons. The second-order valence-corrected chi connectivity index (χ2v) is 11.3. The van der Waals surface area contributed by atoms with Crippen LogP contribution in [0.3, 0.4) is 0 Å². The maximum absolute atomic E-state index is 14.0. The molecule has 12 heteroatoms. The maximum atomic E-state index is 14.0. The first-order valence-corrected chi connectivity index (χ1v) is 15.1. The Hall–Kier alpha value is -5.84. The summed E-state index contributed by atoms with van der Waals surface area (Å²) in [5.41, 5.74) is 4.12. The molecule has 7 rings (SSSR count). The molecule has 2 heterocycles. The predicted octanol–water partition coefficient (Wildman–Crippen LogP) is 8.65. The van der Waals surface area contributed by atoms with Gasteiger partial charge in [0.25, 0.3) is 11.2 Å². The van der Waals surface area contributed by atoms with Gasteiger partial charge in [-0.15, -0.1) is 10.2 Å². The molecule has 0 aliphatic rings. The molecule has 2 aromatic heterocycles. The number of nitrogens with one attached hydrogen (secondary N) is 1. The van der Waals surface area contributed by atoms with Crippen LogP contribution in [0.4, 0.5) is 17.1 Å². The van der Waals surface area contributed by atoms with Crippen LogP contribution in [0.5, 0.6) is 0 Å². The Morgan fingerprint density at radius 3 is 2.23 bits per heavy atom. The van der Waals surface area contributed by atoms with Crippen LogP contribution in [0.25, 0.3) is 39.5 Å². The largest absolute Gasteiger partial charge is 0.416 e. The number of halogens is 2. The highest BCUT2D eigenvalue weighted by atomic mass is 35.5. The van der Waals surface area contributed by atoms with E-state index in [4.69, 9.17) is 32.6 Å². The zero-order chi connectivity index (χ0) is 32.5. The Morgan fingerprint density at radius 1 is 0.787 bits per heavy atom. The Kier molecular flexibility index (Phi) is 7.95. The zero-order valence-corrected chi connectivity index (χ0v) is 25.8. The van der Waals surface area contributed by atoms with Crippen LogP contribution < -0.4 is 10.9 Å². The van der Waals surface area contributed by atoms with Gasteiger partial charge in [-0.3, -0.25) is 19.5 Å². The smallest absolute Gasteiger partial charge is 0.270 e. The number of anilines is 2. The number of hydrogen-bond acceptors (Lipinski definition) is 8. The minimum Gasteiger partial charge on any atom is -0.416 e. The molecule has 0 atom stereocenters. The summed E-state index contributed by atoms with van der Waals surface area (Å²) < 4.78 is 7.44. The van der Waals surface area contributed by atoms with Crippen molar-refractivity contribution in [3.05, 3.63) is 157 Å². The second-order valence-electron chi connectivity index (χ2n) is 10.5. The second kappa shape index (κ2) is 12.5. The molecule has 0 saturated heterocycles. The predicted molar refractivity (Wildman–Crippen MR) is 182 cm³/mol. The van der Waals surface area contributed by atoms with Crippen LogP contribution >= 0.6 is 23.2 Å². The number of non-ortho nitro benzene ring substituents is 1. The summed E-state index contributed by atoms with van der Waals surface area (Å²) in [6.45, 7) is 0. The Morgan fingerprint density at radius 2 is 1.47 bits per heavy atom. The average Bonchev–Trinajstić information content (AvgIpc) is 3.58. The third-order valence-electron chi connectivity index (χ3n) is 7.53. The normalized spacial score (nSPS) is 11.1. The molecular formula is C35H22Cl2N6O4. The molecule has 1 N–H and O–H groups in total. The number of nitrogens with zero attached hydrogens (tertiary/aromatic N) is 5. The lowest BCUT2D eigenvalue weighted by Crippen LogP contribution is -2.24. The van der Waals surface area contributed by atoms with E-state index in [0.29, 0.717) is 55.7 Å². The van der Waals surface area contributed by atoms with Gasteiger partial charge >= 0.3 is 0 Å². The summed E-state index contributed by atoms with van der Waals surface area (Å²) in [6, 6.07) is 33.3. The first-order chi connectivity index (χ1) is 22.9. The Labute approximate surface area is 277 Å². The Balaban J connectivity index is 1.26. The molecule has 5 aromatic carbocycles. The van der Waals surface area contributed by atoms with Crippen molar-refractivity contribution in [3.8, 4) is 28.6 Å². The molecule has 0 saturated carbocycles. The number of hydrogen-bond donors (Lipinski definition) is 1. The van der Waals surface area contributed by atoms with Gasteiger partial charge in [-0.2, -0.15) is 0 Å². The molecule has 10 nitrogen and oxygen atoms in total. The number of fused-ring (bicyclic) bond motifs is 1. The Bertz CT molecular complexity index is 2330. The summed E-state index contributed by atoms with van der Waals surface area (Å²) >= 11 is 12.9. The van der Waals surface area contributed by atoms with Crippen LogP contribution in [-0.4, -0.2) is 24.7 Å². The van der Waals surface area contributed by atoms with Gasteiger partial charge in [0.1, 0.15) is 5.82 Å². The number of benzene rings is 5. The summed E-state index contributed by atoms with van der Waals surface area (Å²) in [7, 11) is 0. The third-order valence-corrected chi connectivity index (χ3v) is 8.16. The molecule has 0 fully saturated rings. The van der Waals surface area contributed by atoms with E-state index in [-0.39, 0.29) is 23.0 Å². The minimum absolute atomic E-state index is 0.0806. The van der Waals surface area contributed by atoms with Gasteiger partial charge in [0.2, 0.25) is 11.8 Å². The first kappa shape index (κ1) is 29.8. The quantitative estimate of drug-likeness (QED) is 0.127. The summed E-state index contributed by atoms with van der Waals surface area (Å²) in [5, 5.41) is 24.2. The van der Waals surface area contributed by atoms with Crippen LogP contribution in [-0.2, 0) is 6.42 Å². The van der Waals surface area contributed by atoms with Gasteiger partial charge in [0, 0.05) is 35.4 Å². The fourth-order valence-electron chi connectivity index (χ4n) is 5.24. The number of rotatable bonds is 8. The molecular weight excluding hydrogens is 639 g/mol. The molecule has 0 bridgehead atoms. The molecule has 0 aliphatic heterocycles. The molecule has 0 amide bonds. The third kappa shape index (κ3) is 5.95. The van der Waals surface area contributed by atoms with Gasteiger partial charge in [-0.05, 0) is 66.2 Å². The molecule has 230 valence electrons. The molecule has 47 heavy (non-hydrogen) atoms. The van der Waals surface area contributed by atoms with E-state index in [9.17, 15) is 14.9 Å². The van der Waals surface area contributed by atoms with Crippen LogP contribution in [0, 0.1) is 10.1 Å². The van der Waals surface area contributed by atoms with E-state index in [1.165, 1.54) is 12.1 Å². The van der Waals surface area contributed by atoms with Gasteiger partial charge in [0.05, 0.1) is 37.2 Å². The van der Waals surface area contributed by atoms with Crippen molar-refractivity contribution in [2.75, 3.05) is 5.32 Å². The van der Waals surface area contributed by atoms with Crippen LogP contribution in [0.15, 0.2) is 124 Å². The van der Waals surface area contributed by atoms with Gasteiger partial charge in [0.15, 0.2) is 0 Å². The van der Waals surface area contributed by atoms with E-state index in [1.54, 1.807) is 71.3 Å². The number of nitro benzene ring substituents is 1. The van der Waals surface area contributed by atoms with Crippen molar-refractivity contribution in [2.24, 2.45) is 0 Å². The summed E-state index contributed by atoms with van der Waals surface area (Å²) in [5.74, 6) is 0.891. The van der Waals surface area contributed by atoms with E-state index >= 15 is 0 Å². The molecule has 0 unspecified atom stereocenters. The summed E-state index contributed by atoms with van der Waals surface area (Å²) in [6.07, 6.45) is 0.309. The van der Waals surface area contributed by atoms with Crippen molar-refractivity contribution < 1.29 is 9.34 Å². The highest BCUT2D eigenvalue weighted by Crippen LogP contribution is 2.34. The van der Waals surface area contributed by atoms with E-state index in [0.717, 1.165) is 11.3 Å². The standard InChI is InChI=1S/C35H22Cl2N6O4/c36-27-11-6-12-28(37)32(27)39-29-13-3-1-7-22(29)20-31-38-30-14-4-2-10-26(30)35(44)42(31)24-17-15-21(16-18-24)33-40-41-34(47-33)23-8-5-9-25(19-23)43(45)46/h1-19,39H,20H2. The average molecular weight is 662 g/mol. The highest BCUT2D eigenvalue weighted by molar-refractivity contribution is 6.39. The van der Waals surface area contributed by atoms with E-state index in [1.807, 2.05) is 36.4 Å². The first-order valence-electron chi connectivity index (χ1n) is 14.3. The molecule has 0 aliphatic carbocycles. The van der Waals surface area contributed by atoms with Crippen LogP contribution in [0.1, 0.15) is 11.4 Å². The van der Waals surface area contributed by atoms with Crippen molar-refractivity contribution in [1.29, 1.82) is 0 Å². The SMILES string of the molecule is O=c1c2ccccc2nc(Cc2ccccc2Nc2c(Cl)cccc2Cl)n1-c1ccc(-c2nnc(-c3cccc([N+](=O)[O-])c3)o2)cc1.